The monoisotopic (exact) mass is 505 g/mol. The Morgan fingerprint density at radius 3 is 2.35 bits per heavy atom. The van der Waals surface area contributed by atoms with Crippen LogP contribution in [0.3, 0.4) is 0 Å². The first-order valence-electron chi connectivity index (χ1n) is 11.7. The topological polar surface area (TPSA) is 66.8 Å². The molecule has 1 aliphatic rings. The molecule has 0 bridgehead atoms. The molecule has 1 saturated heterocycles. The van der Waals surface area contributed by atoms with Crippen LogP contribution in [0.4, 0.5) is 0 Å². The molecule has 0 saturated carbocycles. The molecule has 1 aliphatic heterocycles. The zero-order valence-electron chi connectivity index (χ0n) is 20.1. The van der Waals surface area contributed by atoms with Crippen molar-refractivity contribution < 1.29 is 19.4 Å². The van der Waals surface area contributed by atoms with E-state index >= 15 is 0 Å². The van der Waals surface area contributed by atoms with E-state index in [0.29, 0.717) is 22.9 Å². The molecule has 1 fully saturated rings. The molecule has 4 atom stereocenters. The first kappa shape index (κ1) is 26.5. The van der Waals surface area contributed by atoms with E-state index in [1.807, 2.05) is 64.1 Å². The van der Waals surface area contributed by atoms with Gasteiger partial charge in [-0.15, -0.1) is 0 Å². The van der Waals surface area contributed by atoms with Crippen LogP contribution in [0.15, 0.2) is 48.5 Å². The maximum absolute atomic E-state index is 13.8. The SMILES string of the molecule is CCC(CO)N1C(=O)C(CC(=O)OC(C)(C)C)CC(c2cccc(Cl)c2)C1c1ccc(Cl)cc1. The largest absolute Gasteiger partial charge is 0.460 e. The van der Waals surface area contributed by atoms with Gasteiger partial charge in [-0.05, 0) is 69.0 Å². The van der Waals surface area contributed by atoms with Crippen LogP contribution in [-0.2, 0) is 14.3 Å². The summed E-state index contributed by atoms with van der Waals surface area (Å²) < 4.78 is 5.53. The number of hydrogen-bond acceptors (Lipinski definition) is 4. The maximum atomic E-state index is 13.8. The lowest BCUT2D eigenvalue weighted by Gasteiger charge is -2.48. The van der Waals surface area contributed by atoms with E-state index in [1.165, 1.54) is 0 Å². The highest BCUT2D eigenvalue weighted by Crippen LogP contribution is 2.47. The third-order valence-corrected chi connectivity index (χ3v) is 6.71. The van der Waals surface area contributed by atoms with E-state index in [0.717, 1.165) is 11.1 Å². The van der Waals surface area contributed by atoms with Gasteiger partial charge < -0.3 is 14.7 Å². The van der Waals surface area contributed by atoms with Crippen LogP contribution in [0.5, 0.6) is 0 Å². The van der Waals surface area contributed by atoms with Crippen LogP contribution >= 0.6 is 23.2 Å². The number of rotatable bonds is 7. The normalized spacial score (nSPS) is 21.9. The summed E-state index contributed by atoms with van der Waals surface area (Å²) in [6.07, 6.45) is 1.02. The second-order valence-corrected chi connectivity index (χ2v) is 10.7. The van der Waals surface area contributed by atoms with Gasteiger partial charge in [0.15, 0.2) is 0 Å². The van der Waals surface area contributed by atoms with E-state index < -0.39 is 23.5 Å². The Bertz CT molecular complexity index is 998. The molecular weight excluding hydrogens is 473 g/mol. The molecule has 34 heavy (non-hydrogen) atoms. The second-order valence-electron chi connectivity index (χ2n) is 9.87. The van der Waals surface area contributed by atoms with E-state index in [1.54, 1.807) is 17.0 Å². The molecular formula is C27H33Cl2NO4. The number of piperidine rings is 1. The molecule has 0 aromatic heterocycles. The van der Waals surface area contributed by atoms with Gasteiger partial charge >= 0.3 is 5.97 Å². The van der Waals surface area contributed by atoms with E-state index in [-0.39, 0.29) is 30.9 Å². The van der Waals surface area contributed by atoms with Gasteiger partial charge in [-0.3, -0.25) is 9.59 Å². The highest BCUT2D eigenvalue weighted by atomic mass is 35.5. The Kier molecular flexibility index (Phi) is 8.66. The summed E-state index contributed by atoms with van der Waals surface area (Å²) in [7, 11) is 0. The molecule has 2 aromatic rings. The van der Waals surface area contributed by atoms with Gasteiger partial charge in [0, 0.05) is 21.9 Å². The number of esters is 1. The predicted molar refractivity (Wildman–Crippen MR) is 135 cm³/mol. The van der Waals surface area contributed by atoms with Crippen LogP contribution in [-0.4, -0.2) is 40.1 Å². The zero-order chi connectivity index (χ0) is 25.0. The van der Waals surface area contributed by atoms with Crippen molar-refractivity contribution in [2.75, 3.05) is 6.61 Å². The van der Waals surface area contributed by atoms with Gasteiger partial charge in [0.05, 0.1) is 25.1 Å². The minimum Gasteiger partial charge on any atom is -0.460 e. The Hall–Kier alpha value is -2.08. The van der Waals surface area contributed by atoms with Crippen LogP contribution in [0.2, 0.25) is 10.0 Å². The van der Waals surface area contributed by atoms with Crippen LogP contribution in [0.25, 0.3) is 0 Å². The van der Waals surface area contributed by atoms with Gasteiger partial charge in [0.25, 0.3) is 0 Å². The van der Waals surface area contributed by atoms with Crippen molar-refractivity contribution in [2.24, 2.45) is 5.92 Å². The summed E-state index contributed by atoms with van der Waals surface area (Å²) in [5.41, 5.74) is 1.27. The fourth-order valence-electron chi connectivity index (χ4n) is 4.76. The number of aliphatic hydroxyl groups excluding tert-OH is 1. The number of likely N-dealkylation sites (tertiary alicyclic amines) is 1. The fraction of sp³-hybridized carbons (Fsp3) is 0.481. The molecule has 0 spiro atoms. The number of ether oxygens (including phenoxy) is 1. The lowest BCUT2D eigenvalue weighted by atomic mass is 9.74. The standard InChI is InChI=1S/C27H33Cl2NO4/c1-5-22(16-31)30-25(17-9-11-20(28)12-10-17)23(18-7-6-8-21(29)13-18)14-19(26(30)33)15-24(32)34-27(2,3)4/h6-13,19,22-23,25,31H,5,14-16H2,1-4H3. The molecule has 0 aliphatic carbocycles. The number of nitrogens with zero attached hydrogens (tertiary/aromatic N) is 1. The molecule has 4 unspecified atom stereocenters. The predicted octanol–water partition coefficient (Wildman–Crippen LogP) is 6.17. The summed E-state index contributed by atoms with van der Waals surface area (Å²) in [6, 6.07) is 14.3. The summed E-state index contributed by atoms with van der Waals surface area (Å²) in [6.45, 7) is 7.20. The number of benzene rings is 2. The first-order valence-corrected chi connectivity index (χ1v) is 12.5. The smallest absolute Gasteiger partial charge is 0.307 e. The minimum atomic E-state index is -0.635. The van der Waals surface area contributed by atoms with Crippen LogP contribution < -0.4 is 0 Å². The molecule has 1 heterocycles. The van der Waals surface area contributed by atoms with E-state index in [4.69, 9.17) is 27.9 Å². The fourth-order valence-corrected chi connectivity index (χ4v) is 5.09. The Balaban J connectivity index is 2.09. The lowest BCUT2D eigenvalue weighted by molar-refractivity contribution is -0.162. The molecule has 5 nitrogen and oxygen atoms in total. The third kappa shape index (κ3) is 6.32. The summed E-state index contributed by atoms with van der Waals surface area (Å²) in [4.78, 5) is 28.3. The van der Waals surface area contributed by atoms with Crippen molar-refractivity contribution in [1.82, 2.24) is 4.90 Å². The number of amides is 1. The summed E-state index contributed by atoms with van der Waals surface area (Å²) >= 11 is 12.5. The van der Waals surface area contributed by atoms with Gasteiger partial charge in [0.1, 0.15) is 5.60 Å². The van der Waals surface area contributed by atoms with Gasteiger partial charge in [-0.2, -0.15) is 0 Å². The van der Waals surface area contributed by atoms with E-state index in [9.17, 15) is 14.7 Å². The summed E-state index contributed by atoms with van der Waals surface area (Å²) in [5, 5.41) is 11.4. The van der Waals surface area contributed by atoms with Crippen LogP contribution in [0, 0.1) is 5.92 Å². The first-order chi connectivity index (χ1) is 16.0. The third-order valence-electron chi connectivity index (χ3n) is 6.22. The van der Waals surface area contributed by atoms with Gasteiger partial charge in [0.2, 0.25) is 5.91 Å². The van der Waals surface area contributed by atoms with Crippen molar-refractivity contribution in [3.8, 4) is 0 Å². The molecule has 184 valence electrons. The van der Waals surface area contributed by atoms with Gasteiger partial charge in [-0.25, -0.2) is 0 Å². The lowest BCUT2D eigenvalue weighted by Crippen LogP contribution is -2.53. The van der Waals surface area contributed by atoms with E-state index in [2.05, 4.69) is 0 Å². The number of aliphatic hydroxyl groups is 1. The Morgan fingerprint density at radius 1 is 1.12 bits per heavy atom. The molecule has 2 aromatic carbocycles. The van der Waals surface area contributed by atoms with Crippen molar-refractivity contribution in [1.29, 1.82) is 0 Å². The average Bonchev–Trinajstić information content (AvgIpc) is 2.76. The van der Waals surface area contributed by atoms with Gasteiger partial charge in [-0.1, -0.05) is 54.4 Å². The van der Waals surface area contributed by atoms with Crippen LogP contribution in [0.1, 0.15) is 70.0 Å². The average molecular weight is 506 g/mol. The number of carbonyl (C=O) groups is 2. The molecule has 0 radical (unpaired) electrons. The number of carbonyl (C=O) groups excluding carboxylic acids is 2. The second kappa shape index (κ2) is 11.1. The molecule has 1 amide bonds. The minimum absolute atomic E-state index is 0.0150. The highest BCUT2D eigenvalue weighted by molar-refractivity contribution is 6.30. The molecule has 3 rings (SSSR count). The Morgan fingerprint density at radius 2 is 1.79 bits per heavy atom. The Labute approximate surface area is 212 Å². The highest BCUT2D eigenvalue weighted by Gasteiger charge is 2.46. The quantitative estimate of drug-likeness (QED) is 0.456. The van der Waals surface area contributed by atoms with Crippen molar-refractivity contribution in [3.63, 3.8) is 0 Å². The molecule has 7 heteroatoms. The summed E-state index contributed by atoms with van der Waals surface area (Å²) in [5.74, 6) is -1.25. The molecule has 1 N–H and O–H groups in total. The number of halogens is 2. The maximum Gasteiger partial charge on any atom is 0.307 e. The number of hydrogen-bond donors (Lipinski definition) is 1. The van der Waals surface area contributed by atoms with Crippen molar-refractivity contribution in [2.45, 2.75) is 70.6 Å². The van der Waals surface area contributed by atoms with Crippen molar-refractivity contribution >= 4 is 35.1 Å². The van der Waals surface area contributed by atoms with Crippen molar-refractivity contribution in [3.05, 3.63) is 69.7 Å². The zero-order valence-corrected chi connectivity index (χ0v) is 21.6.